The van der Waals surface area contributed by atoms with Crippen LogP contribution in [0.15, 0.2) is 0 Å². The molecule has 3 aliphatic heterocycles. The second kappa shape index (κ2) is 13.9. The first kappa shape index (κ1) is 42.0. The number of nitrogens with one attached hydrogen (secondary N) is 1. The van der Waals surface area contributed by atoms with Crippen molar-refractivity contribution >= 4 is 22.0 Å². The Kier molecular flexibility index (Phi) is 10.2. The Morgan fingerprint density at radius 1 is 0.982 bits per heavy atom. The maximum Gasteiger partial charge on any atom is 0.511 e. The van der Waals surface area contributed by atoms with Gasteiger partial charge in [0.15, 0.2) is 6.29 Å². The third-order valence-electron chi connectivity index (χ3n) is 17.6. The molecule has 12 nitrogen and oxygen atoms in total. The van der Waals surface area contributed by atoms with Crippen LogP contribution in [0.25, 0.3) is 0 Å². The summed E-state index contributed by atoms with van der Waals surface area (Å²) in [6, 6.07) is 0. The summed E-state index contributed by atoms with van der Waals surface area (Å²) in [6.07, 6.45) is 6.02. The summed E-state index contributed by atoms with van der Waals surface area (Å²) in [5.41, 5.74) is -5.95. The van der Waals surface area contributed by atoms with Gasteiger partial charge in [0.1, 0.15) is 6.10 Å². The number of aliphatic hydroxyl groups is 1. The molecule has 14 atom stereocenters. The molecule has 0 aromatic rings. The lowest BCUT2D eigenvalue weighted by Crippen LogP contribution is -2.60. The number of hydrogen-bond donors (Lipinski definition) is 2. The molecule has 5 aliphatic carbocycles. The molecule has 2 N–H and O–H groups in total. The number of nitrogens with zero attached hydrogens (tertiary/aromatic N) is 2. The first-order chi connectivity index (χ1) is 26.5. The highest BCUT2D eigenvalue weighted by atomic mass is 32.2. The second-order valence-corrected chi connectivity index (χ2v) is 22.3. The molecule has 57 heavy (non-hydrogen) atoms. The monoisotopic (exact) mass is 831 g/mol. The van der Waals surface area contributed by atoms with Gasteiger partial charge in [0, 0.05) is 25.0 Å². The van der Waals surface area contributed by atoms with Crippen LogP contribution in [0, 0.1) is 56.7 Å². The van der Waals surface area contributed by atoms with Crippen LogP contribution in [0.1, 0.15) is 106 Å². The molecular formula is C41H64F3N3O9S. The van der Waals surface area contributed by atoms with Gasteiger partial charge in [-0.2, -0.15) is 17.9 Å². The number of fused-ring (bicyclic) bond motifs is 4. The topological polar surface area (TPSA) is 144 Å². The van der Waals surface area contributed by atoms with Gasteiger partial charge in [0.05, 0.1) is 44.1 Å². The Bertz CT molecular complexity index is 1710. The lowest BCUT2D eigenvalue weighted by molar-refractivity contribution is -0.248. The fraction of sp³-hybridized carbons (Fsp3) is 0.951. The predicted molar refractivity (Wildman–Crippen MR) is 202 cm³/mol. The average Bonchev–Trinajstić information content (AvgIpc) is 3.74. The third-order valence-corrected chi connectivity index (χ3v) is 18.7. The van der Waals surface area contributed by atoms with Crippen molar-refractivity contribution in [1.82, 2.24) is 14.5 Å². The van der Waals surface area contributed by atoms with E-state index in [9.17, 15) is 36.3 Å². The van der Waals surface area contributed by atoms with Crippen LogP contribution in [0.2, 0.25) is 0 Å². The Morgan fingerprint density at radius 2 is 1.67 bits per heavy atom. The van der Waals surface area contributed by atoms with Gasteiger partial charge in [-0.05, 0) is 109 Å². The molecule has 0 unspecified atom stereocenters. The molecule has 2 amide bonds. The minimum Gasteiger partial charge on any atom is -0.443 e. The van der Waals surface area contributed by atoms with E-state index in [1.54, 1.807) is 4.90 Å². The van der Waals surface area contributed by atoms with E-state index in [0.29, 0.717) is 17.8 Å². The average molecular weight is 832 g/mol. The molecule has 0 radical (unpaired) electrons. The number of alkyl halides is 3. The zero-order valence-corrected chi connectivity index (χ0v) is 35.4. The maximum atomic E-state index is 13.0. The molecule has 8 aliphatic rings. The van der Waals surface area contributed by atoms with Gasteiger partial charge in [-0.25, -0.2) is 13.2 Å². The van der Waals surface area contributed by atoms with Gasteiger partial charge >= 0.3 is 21.6 Å². The molecule has 3 heterocycles. The fourth-order valence-corrected chi connectivity index (χ4v) is 15.0. The van der Waals surface area contributed by atoms with Crippen LogP contribution in [0.5, 0.6) is 0 Å². The van der Waals surface area contributed by atoms with Crippen LogP contribution in [-0.4, -0.2) is 117 Å². The van der Waals surface area contributed by atoms with Gasteiger partial charge in [0.2, 0.25) is 5.91 Å². The van der Waals surface area contributed by atoms with Crippen molar-refractivity contribution in [3.63, 3.8) is 0 Å². The summed E-state index contributed by atoms with van der Waals surface area (Å²) in [6.45, 7) is 16.5. The van der Waals surface area contributed by atoms with E-state index in [4.69, 9.17) is 18.9 Å². The van der Waals surface area contributed by atoms with Crippen LogP contribution >= 0.6 is 0 Å². The van der Waals surface area contributed by atoms with E-state index in [0.717, 1.165) is 70.9 Å². The van der Waals surface area contributed by atoms with Crippen molar-refractivity contribution in [2.24, 2.45) is 56.7 Å². The number of ether oxygens (including phenoxy) is 4. The summed E-state index contributed by atoms with van der Waals surface area (Å²) in [4.78, 5) is 28.8. The van der Waals surface area contributed by atoms with Gasteiger partial charge in [0.25, 0.3) is 0 Å². The van der Waals surface area contributed by atoms with Crippen LogP contribution in [-0.2, 0) is 33.8 Å². The second-order valence-electron chi connectivity index (χ2n) is 20.5. The van der Waals surface area contributed by atoms with Gasteiger partial charge in [-0.15, -0.1) is 0 Å². The highest BCUT2D eigenvalue weighted by molar-refractivity contribution is 7.90. The van der Waals surface area contributed by atoms with E-state index < -0.39 is 40.4 Å². The Hall–Kier alpha value is -1.72. The van der Waals surface area contributed by atoms with Crippen LogP contribution in [0.3, 0.4) is 0 Å². The normalized spacial score (nSPS) is 45.4. The SMILES string of the molecule is CC(C)[C@@H](OC(=O)N1CCC1)[C@H]1C[C@@H](C)[C@H]2[C@H](O1)[C@H](O)[C@@]1(C)[C@@H]3CC[C@H]4C(C)(C)[C@@H](O[C@H]5CN(C(=O)CNS(=O)(=O)C(F)(F)F)CCO5)CC[C@@]45C[C@@]35CC[C@]21C. The molecule has 0 aromatic carbocycles. The molecule has 0 bridgehead atoms. The summed E-state index contributed by atoms with van der Waals surface area (Å²) in [5, 5.41) is 12.7. The number of morpholine rings is 1. The Balaban J connectivity index is 0.955. The summed E-state index contributed by atoms with van der Waals surface area (Å²) in [7, 11) is -5.64. The van der Waals surface area contributed by atoms with Crippen molar-refractivity contribution in [2.45, 2.75) is 149 Å². The molecule has 3 saturated heterocycles. The molecular weight excluding hydrogens is 768 g/mol. The van der Waals surface area contributed by atoms with Gasteiger partial charge < -0.3 is 33.9 Å². The van der Waals surface area contributed by atoms with Crippen molar-refractivity contribution in [3.8, 4) is 0 Å². The van der Waals surface area contributed by atoms with E-state index >= 15 is 0 Å². The number of carbonyl (C=O) groups excluding carboxylic acids is 2. The number of sulfonamides is 1. The lowest BCUT2D eigenvalue weighted by Gasteiger charge is -2.64. The number of aliphatic hydroxyl groups excluding tert-OH is 1. The molecule has 2 spiro atoms. The largest absolute Gasteiger partial charge is 0.511 e. The number of carbonyl (C=O) groups is 2. The molecule has 8 fully saturated rings. The highest BCUT2D eigenvalue weighted by Gasteiger charge is 2.84. The third kappa shape index (κ3) is 6.15. The van der Waals surface area contributed by atoms with E-state index in [2.05, 4.69) is 48.5 Å². The van der Waals surface area contributed by atoms with Crippen LogP contribution in [0.4, 0.5) is 18.0 Å². The first-order valence-electron chi connectivity index (χ1n) is 21.4. The van der Waals surface area contributed by atoms with Crippen molar-refractivity contribution < 1.29 is 55.2 Å². The number of halogens is 3. The highest BCUT2D eigenvalue weighted by Crippen LogP contribution is 2.89. The summed E-state index contributed by atoms with van der Waals surface area (Å²) >= 11 is 0. The van der Waals surface area contributed by atoms with Crippen molar-refractivity contribution in [2.75, 3.05) is 39.3 Å². The summed E-state index contributed by atoms with van der Waals surface area (Å²) < 4.78 is 88.5. The lowest BCUT2D eigenvalue weighted by atomic mass is 9.41. The quantitative estimate of drug-likeness (QED) is 0.316. The minimum atomic E-state index is -5.64. The van der Waals surface area contributed by atoms with E-state index in [-0.39, 0.29) is 89.1 Å². The first-order valence-corrected chi connectivity index (χ1v) is 22.9. The van der Waals surface area contributed by atoms with Gasteiger partial charge in [-0.3, -0.25) is 4.79 Å². The Labute approximate surface area is 335 Å². The predicted octanol–water partition coefficient (Wildman–Crippen LogP) is 5.68. The van der Waals surface area contributed by atoms with E-state index in [1.807, 2.05) is 0 Å². The fourth-order valence-electron chi connectivity index (χ4n) is 14.6. The maximum absolute atomic E-state index is 13.0. The molecule has 324 valence electrons. The summed E-state index contributed by atoms with van der Waals surface area (Å²) in [5.74, 6) is 0.506. The zero-order chi connectivity index (χ0) is 41.3. The van der Waals surface area contributed by atoms with Crippen molar-refractivity contribution in [3.05, 3.63) is 0 Å². The van der Waals surface area contributed by atoms with E-state index in [1.165, 1.54) is 9.62 Å². The minimum absolute atomic E-state index is 0.00170. The van der Waals surface area contributed by atoms with Crippen LogP contribution < -0.4 is 4.72 Å². The smallest absolute Gasteiger partial charge is 0.443 e. The standard InChI is InChI=1S/C41H64F3N3O9S/c1-23(2)32(56-35(50)46-15-8-16-46)25-19-24(3)31-33(54-25)34(49)38(7)27-10-9-26-36(4,5)28(11-12-39(26)22-40(27,39)14-13-37(31,38)6)55-30-21-47(17-18-53-30)29(48)20-45-57(51,52)41(42,43)44/h23-28,30-34,45,49H,8-22H2,1-7H3/t24-,25-,26+,27+,28+,30+,31+,32-,33+,34+,37-,38-,39-,40+/m1/s1. The number of hydrogen-bond acceptors (Lipinski definition) is 9. The molecule has 8 rings (SSSR count). The van der Waals surface area contributed by atoms with Crippen molar-refractivity contribution in [1.29, 1.82) is 0 Å². The molecule has 5 saturated carbocycles. The Morgan fingerprint density at radius 3 is 2.32 bits per heavy atom. The number of rotatable bonds is 8. The number of likely N-dealkylation sites (tertiary alicyclic amines) is 1. The zero-order valence-electron chi connectivity index (χ0n) is 34.6. The number of amides is 2. The van der Waals surface area contributed by atoms with Gasteiger partial charge in [-0.1, -0.05) is 48.5 Å². The molecule has 16 heteroatoms. The molecule has 0 aromatic heterocycles.